The number of ketones is 1. The highest BCUT2D eigenvalue weighted by Gasteiger charge is 2.39. The minimum Gasteiger partial charge on any atom is -0.341 e. The molecule has 108 valence electrons. The van der Waals surface area contributed by atoms with Gasteiger partial charge in [-0.05, 0) is 31.7 Å². The van der Waals surface area contributed by atoms with Crippen molar-refractivity contribution in [2.75, 3.05) is 20.1 Å². The summed E-state index contributed by atoms with van der Waals surface area (Å²) >= 11 is 0. The maximum atomic E-state index is 11.6. The molecule has 0 bridgehead atoms. The number of fused-ring (bicyclic) bond motifs is 1. The van der Waals surface area contributed by atoms with Crippen LogP contribution in [-0.4, -0.2) is 48.9 Å². The summed E-state index contributed by atoms with van der Waals surface area (Å²) in [5, 5.41) is 5.61. The minimum absolute atomic E-state index is 0.123. The van der Waals surface area contributed by atoms with Crippen LogP contribution in [0.1, 0.15) is 39.0 Å². The Morgan fingerprint density at radius 1 is 1.47 bits per heavy atom. The number of nitrogens with one attached hydrogen (secondary N) is 2. The van der Waals surface area contributed by atoms with Crippen LogP contribution in [0.2, 0.25) is 0 Å². The zero-order valence-corrected chi connectivity index (χ0v) is 11.9. The fourth-order valence-corrected chi connectivity index (χ4v) is 3.56. The van der Waals surface area contributed by atoms with Gasteiger partial charge in [0, 0.05) is 38.5 Å². The Balaban J connectivity index is 2.02. The Kier molecular flexibility index (Phi) is 4.80. The number of piperidine rings is 1. The standard InChI is InChI=1S/C14H25N3O2/c1-3-6-17-9-11(16-14(19)15-2)7-10-8-12(18)4-5-13(10)17/h10-11,13H,3-9H2,1-2H3,(H2,15,16,19)/t10?,11-,13+/m0/s1. The quantitative estimate of drug-likeness (QED) is 0.806. The van der Waals surface area contributed by atoms with E-state index in [0.29, 0.717) is 24.2 Å². The molecule has 5 heteroatoms. The topological polar surface area (TPSA) is 61.4 Å². The number of hydrogen-bond acceptors (Lipinski definition) is 3. The SMILES string of the molecule is CCCN1C[C@@H](NC(=O)NC)CC2CC(=O)CC[C@H]21. The number of carbonyl (C=O) groups is 2. The molecule has 1 aliphatic carbocycles. The number of Topliss-reactive ketones (excluding diaryl/α,β-unsaturated/α-hetero) is 1. The number of hydrogen-bond donors (Lipinski definition) is 2. The van der Waals surface area contributed by atoms with Gasteiger partial charge < -0.3 is 10.6 Å². The van der Waals surface area contributed by atoms with E-state index in [4.69, 9.17) is 0 Å². The van der Waals surface area contributed by atoms with Gasteiger partial charge in [0.25, 0.3) is 0 Å². The van der Waals surface area contributed by atoms with Gasteiger partial charge in [0.05, 0.1) is 0 Å². The molecule has 2 aliphatic rings. The number of nitrogens with zero attached hydrogens (tertiary/aromatic N) is 1. The van der Waals surface area contributed by atoms with Gasteiger partial charge in [-0.2, -0.15) is 0 Å². The first-order valence-electron chi connectivity index (χ1n) is 7.38. The molecule has 0 aromatic carbocycles. The van der Waals surface area contributed by atoms with Crippen molar-refractivity contribution in [3.8, 4) is 0 Å². The molecule has 0 aromatic rings. The zero-order valence-electron chi connectivity index (χ0n) is 11.9. The lowest BCUT2D eigenvalue weighted by Crippen LogP contribution is -2.58. The van der Waals surface area contributed by atoms with Gasteiger partial charge in [0.15, 0.2) is 0 Å². The van der Waals surface area contributed by atoms with E-state index < -0.39 is 0 Å². The predicted molar refractivity (Wildman–Crippen MR) is 74.0 cm³/mol. The molecule has 1 saturated carbocycles. The number of likely N-dealkylation sites (tertiary alicyclic amines) is 1. The van der Waals surface area contributed by atoms with Crippen molar-refractivity contribution in [3.05, 3.63) is 0 Å². The Labute approximate surface area is 115 Å². The van der Waals surface area contributed by atoms with Crippen LogP contribution in [-0.2, 0) is 4.79 Å². The van der Waals surface area contributed by atoms with Crippen LogP contribution in [0.5, 0.6) is 0 Å². The average molecular weight is 267 g/mol. The summed E-state index contributed by atoms with van der Waals surface area (Å²) in [7, 11) is 1.63. The third-order valence-electron chi connectivity index (χ3n) is 4.34. The first kappa shape index (κ1) is 14.3. The number of amides is 2. The van der Waals surface area contributed by atoms with Gasteiger partial charge in [0.2, 0.25) is 0 Å². The molecule has 0 radical (unpaired) electrons. The second kappa shape index (κ2) is 6.37. The first-order valence-corrected chi connectivity index (χ1v) is 7.38. The molecular weight excluding hydrogens is 242 g/mol. The second-order valence-corrected chi connectivity index (χ2v) is 5.76. The summed E-state index contributed by atoms with van der Waals surface area (Å²) in [5.74, 6) is 0.807. The minimum atomic E-state index is -0.123. The molecule has 3 atom stereocenters. The average Bonchev–Trinajstić information content (AvgIpc) is 2.38. The van der Waals surface area contributed by atoms with E-state index in [1.54, 1.807) is 7.05 Å². The normalized spacial score (nSPS) is 31.7. The van der Waals surface area contributed by atoms with E-state index in [2.05, 4.69) is 22.5 Å². The van der Waals surface area contributed by atoms with Crippen LogP contribution < -0.4 is 10.6 Å². The molecule has 0 aromatic heterocycles. The third-order valence-corrected chi connectivity index (χ3v) is 4.34. The van der Waals surface area contributed by atoms with Gasteiger partial charge in [-0.3, -0.25) is 9.69 Å². The predicted octanol–water partition coefficient (Wildman–Crippen LogP) is 1.14. The van der Waals surface area contributed by atoms with Crippen LogP contribution in [0.3, 0.4) is 0 Å². The molecule has 1 heterocycles. The number of rotatable bonds is 3. The smallest absolute Gasteiger partial charge is 0.314 e. The fourth-order valence-electron chi connectivity index (χ4n) is 3.56. The van der Waals surface area contributed by atoms with E-state index in [0.717, 1.165) is 38.8 Å². The Bertz CT molecular complexity index is 346. The third kappa shape index (κ3) is 3.47. The van der Waals surface area contributed by atoms with Crippen LogP contribution in [0.4, 0.5) is 4.79 Å². The summed E-state index contributed by atoms with van der Waals surface area (Å²) in [4.78, 5) is 25.6. The lowest BCUT2D eigenvalue weighted by Gasteiger charge is -2.46. The summed E-state index contributed by atoms with van der Waals surface area (Å²) in [5.41, 5.74) is 0. The highest BCUT2D eigenvalue weighted by atomic mass is 16.2. The van der Waals surface area contributed by atoms with Crippen LogP contribution in [0.25, 0.3) is 0 Å². The van der Waals surface area contributed by atoms with E-state index in [-0.39, 0.29) is 12.1 Å². The Morgan fingerprint density at radius 3 is 2.95 bits per heavy atom. The molecule has 1 aliphatic heterocycles. The van der Waals surface area contributed by atoms with Gasteiger partial charge in [-0.15, -0.1) is 0 Å². The van der Waals surface area contributed by atoms with Crippen molar-refractivity contribution in [2.24, 2.45) is 5.92 Å². The van der Waals surface area contributed by atoms with Crippen LogP contribution in [0, 0.1) is 5.92 Å². The second-order valence-electron chi connectivity index (χ2n) is 5.76. The maximum Gasteiger partial charge on any atom is 0.314 e. The summed E-state index contributed by atoms with van der Waals surface area (Å²) in [6.45, 7) is 4.15. The van der Waals surface area contributed by atoms with Crippen LogP contribution >= 0.6 is 0 Å². The fraction of sp³-hybridized carbons (Fsp3) is 0.857. The van der Waals surface area contributed by atoms with E-state index in [1.807, 2.05) is 0 Å². The number of urea groups is 1. The zero-order chi connectivity index (χ0) is 13.8. The molecule has 5 nitrogen and oxygen atoms in total. The van der Waals surface area contributed by atoms with Crippen molar-refractivity contribution in [1.29, 1.82) is 0 Å². The molecule has 19 heavy (non-hydrogen) atoms. The monoisotopic (exact) mass is 267 g/mol. The molecule has 1 saturated heterocycles. The Morgan fingerprint density at radius 2 is 2.26 bits per heavy atom. The molecular formula is C14H25N3O2. The lowest BCUT2D eigenvalue weighted by molar-refractivity contribution is -0.124. The van der Waals surface area contributed by atoms with Crippen molar-refractivity contribution < 1.29 is 9.59 Å². The largest absolute Gasteiger partial charge is 0.341 e. The number of carbonyl (C=O) groups excluding carboxylic acids is 2. The molecule has 2 N–H and O–H groups in total. The lowest BCUT2D eigenvalue weighted by atomic mass is 9.76. The van der Waals surface area contributed by atoms with Crippen molar-refractivity contribution in [3.63, 3.8) is 0 Å². The first-order chi connectivity index (χ1) is 9.13. The van der Waals surface area contributed by atoms with Gasteiger partial charge in [0.1, 0.15) is 5.78 Å². The highest BCUT2D eigenvalue weighted by Crippen LogP contribution is 2.34. The summed E-state index contributed by atoms with van der Waals surface area (Å²) < 4.78 is 0. The van der Waals surface area contributed by atoms with Gasteiger partial charge in [-0.1, -0.05) is 6.92 Å². The van der Waals surface area contributed by atoms with Crippen molar-refractivity contribution >= 4 is 11.8 Å². The van der Waals surface area contributed by atoms with E-state index in [9.17, 15) is 9.59 Å². The van der Waals surface area contributed by atoms with Crippen molar-refractivity contribution in [1.82, 2.24) is 15.5 Å². The molecule has 2 fully saturated rings. The van der Waals surface area contributed by atoms with Gasteiger partial charge >= 0.3 is 6.03 Å². The molecule has 1 unspecified atom stereocenters. The molecule has 2 amide bonds. The van der Waals surface area contributed by atoms with E-state index >= 15 is 0 Å². The summed E-state index contributed by atoms with van der Waals surface area (Å²) in [6, 6.07) is 0.584. The molecule has 2 rings (SSSR count). The summed E-state index contributed by atoms with van der Waals surface area (Å²) in [6.07, 6.45) is 4.47. The maximum absolute atomic E-state index is 11.6. The van der Waals surface area contributed by atoms with Gasteiger partial charge in [-0.25, -0.2) is 4.79 Å². The highest BCUT2D eigenvalue weighted by molar-refractivity contribution is 5.79. The van der Waals surface area contributed by atoms with Crippen LogP contribution in [0.15, 0.2) is 0 Å². The molecule has 0 spiro atoms. The van der Waals surface area contributed by atoms with E-state index in [1.165, 1.54) is 0 Å². The Hall–Kier alpha value is -1.10. The van der Waals surface area contributed by atoms with Crippen molar-refractivity contribution in [2.45, 2.75) is 51.1 Å².